The van der Waals surface area contributed by atoms with Crippen molar-refractivity contribution in [2.24, 2.45) is 11.3 Å². The highest BCUT2D eigenvalue weighted by Gasteiger charge is 2.39. The summed E-state index contributed by atoms with van der Waals surface area (Å²) in [6.07, 6.45) is 1.76. The van der Waals surface area contributed by atoms with Crippen LogP contribution >= 0.6 is 23.1 Å². The molecule has 116 valence electrons. The number of thioether (sulfide) groups is 1. The van der Waals surface area contributed by atoms with Crippen LogP contribution in [0.25, 0.3) is 0 Å². The Morgan fingerprint density at radius 2 is 2.29 bits per heavy atom. The second-order valence-electron chi connectivity index (χ2n) is 5.93. The first-order valence-electron chi connectivity index (χ1n) is 7.08. The molecule has 6 heteroatoms. The molecule has 0 radical (unpaired) electrons. The normalized spacial score (nSPS) is 19.5. The highest BCUT2D eigenvalue weighted by atomic mass is 32.2. The van der Waals surface area contributed by atoms with Crippen molar-refractivity contribution in [2.45, 2.75) is 30.9 Å². The maximum Gasteiger partial charge on any atom is 0.309 e. The van der Waals surface area contributed by atoms with Gasteiger partial charge in [0.25, 0.3) is 0 Å². The van der Waals surface area contributed by atoms with Gasteiger partial charge in [0.15, 0.2) is 0 Å². The van der Waals surface area contributed by atoms with Crippen LogP contribution in [0.5, 0.6) is 0 Å². The number of piperidine rings is 1. The summed E-state index contributed by atoms with van der Waals surface area (Å²) < 4.78 is 1.14. The van der Waals surface area contributed by atoms with E-state index in [-0.39, 0.29) is 11.8 Å². The zero-order chi connectivity index (χ0) is 15.5. The molecule has 2 rings (SSSR count). The van der Waals surface area contributed by atoms with Gasteiger partial charge in [-0.05, 0) is 44.1 Å². The number of carbonyl (C=O) groups is 2. The van der Waals surface area contributed by atoms with Crippen LogP contribution in [0.2, 0.25) is 0 Å². The average molecular weight is 327 g/mol. The first kappa shape index (κ1) is 16.4. The van der Waals surface area contributed by atoms with Crippen LogP contribution in [0.3, 0.4) is 0 Å². The van der Waals surface area contributed by atoms with E-state index >= 15 is 0 Å². The summed E-state index contributed by atoms with van der Waals surface area (Å²) in [5.74, 6) is -0.214. The van der Waals surface area contributed by atoms with Crippen molar-refractivity contribution in [3.8, 4) is 0 Å². The monoisotopic (exact) mass is 327 g/mol. The Bertz CT molecular complexity index is 499. The fraction of sp³-hybridized carbons (Fsp3) is 0.600. The zero-order valence-corrected chi connectivity index (χ0v) is 14.0. The van der Waals surface area contributed by atoms with Crippen LogP contribution in [-0.4, -0.2) is 40.7 Å². The van der Waals surface area contributed by atoms with E-state index in [0.717, 1.165) is 23.6 Å². The van der Waals surface area contributed by atoms with E-state index in [9.17, 15) is 14.7 Å². The summed E-state index contributed by atoms with van der Waals surface area (Å²) in [6, 6.07) is 3.99. The number of carboxylic acid groups (broad SMARTS) is 1. The van der Waals surface area contributed by atoms with Crippen LogP contribution in [0.15, 0.2) is 21.7 Å². The van der Waals surface area contributed by atoms with Crippen LogP contribution in [0, 0.1) is 11.3 Å². The van der Waals surface area contributed by atoms with Crippen molar-refractivity contribution in [3.05, 3.63) is 17.5 Å². The Hall–Kier alpha value is -1.01. The van der Waals surface area contributed by atoms with E-state index in [1.54, 1.807) is 36.9 Å². The Morgan fingerprint density at radius 1 is 1.52 bits per heavy atom. The molecular weight excluding hydrogens is 306 g/mol. The summed E-state index contributed by atoms with van der Waals surface area (Å²) in [5.41, 5.74) is -0.778. The number of thiophene rings is 1. The fourth-order valence-electron chi connectivity index (χ4n) is 2.54. The predicted molar refractivity (Wildman–Crippen MR) is 85.8 cm³/mol. The SMILES string of the molecule is CC(C)(C(=O)O)C1CCCN(C(=O)CSc2cccs2)C1. The smallest absolute Gasteiger partial charge is 0.309 e. The van der Waals surface area contributed by atoms with Crippen LogP contribution < -0.4 is 0 Å². The molecule has 0 spiro atoms. The number of hydrogen-bond donors (Lipinski definition) is 1. The molecule has 1 aromatic rings. The number of amides is 1. The van der Waals surface area contributed by atoms with Crippen molar-refractivity contribution < 1.29 is 14.7 Å². The topological polar surface area (TPSA) is 57.6 Å². The molecule has 4 nitrogen and oxygen atoms in total. The lowest BCUT2D eigenvalue weighted by Crippen LogP contribution is -2.47. The molecule has 1 amide bonds. The van der Waals surface area contributed by atoms with E-state index < -0.39 is 11.4 Å². The highest BCUT2D eigenvalue weighted by molar-refractivity contribution is 8.01. The Kier molecular flexibility index (Phi) is 5.32. The Labute approximate surface area is 133 Å². The average Bonchev–Trinajstić information content (AvgIpc) is 2.98. The number of hydrogen-bond acceptors (Lipinski definition) is 4. The summed E-state index contributed by atoms with van der Waals surface area (Å²) in [6.45, 7) is 4.82. The molecule has 0 bridgehead atoms. The summed E-state index contributed by atoms with van der Waals surface area (Å²) in [4.78, 5) is 25.5. The van der Waals surface area contributed by atoms with Crippen LogP contribution in [0.1, 0.15) is 26.7 Å². The van der Waals surface area contributed by atoms with Gasteiger partial charge < -0.3 is 10.0 Å². The molecule has 1 aliphatic rings. The molecular formula is C15H21NO3S2. The molecule has 2 heterocycles. The van der Waals surface area contributed by atoms with E-state index in [1.165, 1.54) is 0 Å². The summed E-state index contributed by atoms with van der Waals surface area (Å²) >= 11 is 3.19. The maximum atomic E-state index is 12.3. The van der Waals surface area contributed by atoms with Crippen molar-refractivity contribution in [3.63, 3.8) is 0 Å². The summed E-state index contributed by atoms with van der Waals surface area (Å²) in [5, 5.41) is 11.3. The van der Waals surface area contributed by atoms with Crippen molar-refractivity contribution >= 4 is 35.0 Å². The first-order chi connectivity index (χ1) is 9.91. The van der Waals surface area contributed by atoms with E-state index in [2.05, 4.69) is 0 Å². The molecule has 1 unspecified atom stereocenters. The van der Waals surface area contributed by atoms with Gasteiger partial charge in [0.05, 0.1) is 15.4 Å². The molecule has 1 fully saturated rings. The van der Waals surface area contributed by atoms with Gasteiger partial charge in [0.2, 0.25) is 5.91 Å². The molecule has 1 N–H and O–H groups in total. The van der Waals surface area contributed by atoms with Gasteiger partial charge in [-0.1, -0.05) is 6.07 Å². The lowest BCUT2D eigenvalue weighted by atomic mass is 9.74. The number of rotatable bonds is 5. The molecule has 1 aliphatic heterocycles. The highest BCUT2D eigenvalue weighted by Crippen LogP contribution is 2.34. The minimum atomic E-state index is -0.783. The fourth-order valence-corrected chi connectivity index (χ4v) is 4.22. The number of nitrogens with zero attached hydrogens (tertiary/aromatic N) is 1. The van der Waals surface area contributed by atoms with E-state index in [0.29, 0.717) is 12.3 Å². The van der Waals surface area contributed by atoms with Crippen LogP contribution in [-0.2, 0) is 9.59 Å². The molecule has 0 aliphatic carbocycles. The van der Waals surface area contributed by atoms with Gasteiger partial charge in [-0.15, -0.1) is 23.1 Å². The maximum absolute atomic E-state index is 12.3. The number of carbonyl (C=O) groups excluding carboxylic acids is 1. The minimum Gasteiger partial charge on any atom is -0.481 e. The number of likely N-dealkylation sites (tertiary alicyclic amines) is 1. The molecule has 21 heavy (non-hydrogen) atoms. The lowest BCUT2D eigenvalue weighted by molar-refractivity contribution is -0.152. The van der Waals surface area contributed by atoms with Crippen molar-refractivity contribution in [1.82, 2.24) is 4.90 Å². The quantitative estimate of drug-likeness (QED) is 0.844. The van der Waals surface area contributed by atoms with Gasteiger partial charge in [0, 0.05) is 13.1 Å². The van der Waals surface area contributed by atoms with Gasteiger partial charge in [-0.2, -0.15) is 0 Å². The third-order valence-electron chi connectivity index (χ3n) is 4.18. The lowest BCUT2D eigenvalue weighted by Gasteiger charge is -2.39. The first-order valence-corrected chi connectivity index (χ1v) is 8.95. The third-order valence-corrected chi connectivity index (χ3v) is 6.29. The third kappa shape index (κ3) is 4.01. The van der Waals surface area contributed by atoms with Gasteiger partial charge in [-0.3, -0.25) is 9.59 Å². The molecule has 1 atom stereocenters. The molecule has 1 aromatic heterocycles. The van der Waals surface area contributed by atoms with E-state index in [1.807, 2.05) is 22.4 Å². The van der Waals surface area contributed by atoms with E-state index in [4.69, 9.17) is 0 Å². The summed E-state index contributed by atoms with van der Waals surface area (Å²) in [7, 11) is 0. The minimum absolute atomic E-state index is 0.0273. The zero-order valence-electron chi connectivity index (χ0n) is 12.4. The van der Waals surface area contributed by atoms with Gasteiger partial charge in [0.1, 0.15) is 0 Å². The Balaban J connectivity index is 1.91. The number of aliphatic carboxylic acids is 1. The standard InChI is InChI=1S/C15H21NO3S2/c1-15(2,14(18)19)11-5-3-7-16(9-11)12(17)10-21-13-6-4-8-20-13/h4,6,8,11H,3,5,7,9-10H2,1-2H3,(H,18,19). The largest absolute Gasteiger partial charge is 0.481 e. The molecule has 1 saturated heterocycles. The Morgan fingerprint density at radius 3 is 2.90 bits per heavy atom. The van der Waals surface area contributed by atoms with Gasteiger partial charge >= 0.3 is 5.97 Å². The second-order valence-corrected chi connectivity index (χ2v) is 8.15. The van der Waals surface area contributed by atoms with Gasteiger partial charge in [-0.25, -0.2) is 0 Å². The predicted octanol–water partition coefficient (Wildman–Crippen LogP) is 3.19. The second kappa shape index (κ2) is 6.83. The van der Waals surface area contributed by atoms with Crippen molar-refractivity contribution in [1.29, 1.82) is 0 Å². The molecule has 0 aromatic carbocycles. The molecule has 0 saturated carbocycles. The van der Waals surface area contributed by atoms with Crippen LogP contribution in [0.4, 0.5) is 0 Å². The van der Waals surface area contributed by atoms with Crippen molar-refractivity contribution in [2.75, 3.05) is 18.8 Å². The number of carboxylic acids is 1.